The number of benzene rings is 3. The van der Waals surface area contributed by atoms with Crippen molar-refractivity contribution < 1.29 is 4.39 Å². The lowest BCUT2D eigenvalue weighted by atomic mass is 9.87. The number of H-pyrrole nitrogens is 1. The zero-order chi connectivity index (χ0) is 23.5. The van der Waals surface area contributed by atoms with Crippen LogP contribution >= 0.6 is 22.9 Å². The first-order valence-corrected chi connectivity index (χ1v) is 11.9. The smallest absolute Gasteiger partial charge is 0.197 e. The quantitative estimate of drug-likeness (QED) is 0.258. The van der Waals surface area contributed by atoms with Gasteiger partial charge in [0, 0.05) is 0 Å². The molecule has 0 bridgehead atoms. The van der Waals surface area contributed by atoms with Gasteiger partial charge in [-0.3, -0.25) is 0 Å². The Morgan fingerprint density at radius 3 is 2.59 bits per heavy atom. The van der Waals surface area contributed by atoms with Crippen LogP contribution in [0.2, 0.25) is 5.02 Å². The summed E-state index contributed by atoms with van der Waals surface area (Å²) in [6, 6.07) is 19.1. The van der Waals surface area contributed by atoms with Crippen molar-refractivity contribution in [3.05, 3.63) is 105 Å². The van der Waals surface area contributed by atoms with Crippen molar-refractivity contribution >= 4 is 56.5 Å². The highest BCUT2D eigenvalue weighted by Crippen LogP contribution is 2.38. The standard InChI is InChI=1S/C26H19ClFN5S/c1-2-20(21-10-9-19(28)14-22(21)27)26(18-8-11-24-23(13-18)29-15-34-24)17-6-3-16(4-7-17)5-12-25-30-32-33-31-25/h3-15H,2H2,1H3,(H,30,31,32,33)/b12-5+,26-20+. The van der Waals surface area contributed by atoms with Gasteiger partial charge in [-0.15, -0.1) is 21.5 Å². The van der Waals surface area contributed by atoms with E-state index in [4.69, 9.17) is 11.6 Å². The van der Waals surface area contributed by atoms with Crippen molar-refractivity contribution in [3.63, 3.8) is 0 Å². The predicted molar refractivity (Wildman–Crippen MR) is 137 cm³/mol. The molecular formula is C26H19ClFN5S. The van der Waals surface area contributed by atoms with Crippen molar-refractivity contribution in [2.45, 2.75) is 13.3 Å². The van der Waals surface area contributed by atoms with E-state index in [1.807, 2.05) is 23.7 Å². The molecule has 0 aliphatic carbocycles. The van der Waals surface area contributed by atoms with Gasteiger partial charge in [0.15, 0.2) is 5.82 Å². The van der Waals surface area contributed by atoms with Crippen LogP contribution in [-0.4, -0.2) is 25.6 Å². The molecule has 0 unspecified atom stereocenters. The second kappa shape index (κ2) is 9.67. The molecule has 3 aromatic carbocycles. The summed E-state index contributed by atoms with van der Waals surface area (Å²) in [7, 11) is 0. The largest absolute Gasteiger partial charge is 0.245 e. The molecule has 0 saturated carbocycles. The lowest BCUT2D eigenvalue weighted by Gasteiger charge is -2.17. The molecule has 1 N–H and O–H groups in total. The maximum atomic E-state index is 13.8. The summed E-state index contributed by atoms with van der Waals surface area (Å²) in [6.45, 7) is 2.08. The zero-order valence-corrected chi connectivity index (χ0v) is 19.7. The number of hydrogen-bond donors (Lipinski definition) is 1. The topological polar surface area (TPSA) is 67.3 Å². The first-order chi connectivity index (χ1) is 16.6. The number of fused-ring (bicyclic) bond motifs is 1. The van der Waals surface area contributed by atoms with Crippen LogP contribution < -0.4 is 0 Å². The Balaban J connectivity index is 1.65. The van der Waals surface area contributed by atoms with Crippen LogP contribution in [0.15, 0.2) is 66.2 Å². The van der Waals surface area contributed by atoms with Crippen molar-refractivity contribution in [2.75, 3.05) is 0 Å². The number of halogens is 2. The molecule has 8 heteroatoms. The maximum absolute atomic E-state index is 13.8. The Morgan fingerprint density at radius 2 is 1.85 bits per heavy atom. The van der Waals surface area contributed by atoms with Crippen LogP contribution in [0, 0.1) is 5.82 Å². The van der Waals surface area contributed by atoms with Crippen molar-refractivity contribution in [1.82, 2.24) is 25.6 Å². The molecule has 0 fully saturated rings. The third-order valence-corrected chi connectivity index (χ3v) is 6.64. The van der Waals surface area contributed by atoms with E-state index in [-0.39, 0.29) is 5.82 Å². The van der Waals surface area contributed by atoms with E-state index in [0.717, 1.165) is 50.0 Å². The summed E-state index contributed by atoms with van der Waals surface area (Å²) in [5.74, 6) is 0.160. The molecule has 34 heavy (non-hydrogen) atoms. The second-order valence-electron chi connectivity index (χ2n) is 7.59. The van der Waals surface area contributed by atoms with Crippen LogP contribution in [0.5, 0.6) is 0 Å². The van der Waals surface area contributed by atoms with Gasteiger partial charge in [0.25, 0.3) is 0 Å². The highest BCUT2D eigenvalue weighted by atomic mass is 35.5. The van der Waals surface area contributed by atoms with E-state index >= 15 is 0 Å². The number of aromatic amines is 1. The van der Waals surface area contributed by atoms with E-state index in [1.54, 1.807) is 23.5 Å². The molecule has 0 aliphatic rings. The number of rotatable bonds is 6. The molecule has 0 saturated heterocycles. The molecule has 2 heterocycles. The molecule has 0 radical (unpaired) electrons. The van der Waals surface area contributed by atoms with Crippen LogP contribution in [-0.2, 0) is 0 Å². The number of thiazole rings is 1. The van der Waals surface area contributed by atoms with Gasteiger partial charge in [-0.25, -0.2) is 9.37 Å². The van der Waals surface area contributed by atoms with Crippen molar-refractivity contribution in [1.29, 1.82) is 0 Å². The average molecular weight is 488 g/mol. The van der Waals surface area contributed by atoms with Crippen molar-refractivity contribution in [2.24, 2.45) is 0 Å². The van der Waals surface area contributed by atoms with Gasteiger partial charge in [-0.05, 0) is 75.4 Å². The average Bonchev–Trinajstić information content (AvgIpc) is 3.54. The SMILES string of the molecule is CC/C(=C(/c1ccc(/C=C/c2nn[nH]n2)cc1)c1ccc2scnc2c1)c1ccc(F)cc1Cl. The lowest BCUT2D eigenvalue weighted by molar-refractivity contribution is 0.628. The Kier molecular flexibility index (Phi) is 6.29. The summed E-state index contributed by atoms with van der Waals surface area (Å²) in [4.78, 5) is 4.50. The van der Waals surface area contributed by atoms with E-state index < -0.39 is 0 Å². The highest BCUT2D eigenvalue weighted by molar-refractivity contribution is 7.16. The van der Waals surface area contributed by atoms with Gasteiger partial charge in [-0.2, -0.15) is 5.21 Å². The predicted octanol–water partition coefficient (Wildman–Crippen LogP) is 7.14. The van der Waals surface area contributed by atoms with Gasteiger partial charge in [0.1, 0.15) is 5.82 Å². The molecule has 168 valence electrons. The Morgan fingerprint density at radius 1 is 1.03 bits per heavy atom. The Bertz CT molecular complexity index is 1500. The van der Waals surface area contributed by atoms with Gasteiger partial charge in [0.2, 0.25) is 0 Å². The van der Waals surface area contributed by atoms with Gasteiger partial charge in [0.05, 0.1) is 20.7 Å². The van der Waals surface area contributed by atoms with Gasteiger partial charge < -0.3 is 0 Å². The van der Waals surface area contributed by atoms with Gasteiger partial charge >= 0.3 is 0 Å². The number of allylic oxidation sites excluding steroid dienone is 1. The number of hydrogen-bond acceptors (Lipinski definition) is 5. The van der Waals surface area contributed by atoms with Crippen molar-refractivity contribution in [3.8, 4) is 0 Å². The minimum absolute atomic E-state index is 0.354. The summed E-state index contributed by atoms with van der Waals surface area (Å²) in [6.07, 6.45) is 4.44. The molecule has 5 rings (SSSR count). The van der Waals surface area contributed by atoms with E-state index in [1.165, 1.54) is 12.1 Å². The highest BCUT2D eigenvalue weighted by Gasteiger charge is 2.16. The number of aromatic nitrogens is 5. The summed E-state index contributed by atoms with van der Waals surface area (Å²) < 4.78 is 14.9. The lowest BCUT2D eigenvalue weighted by Crippen LogP contribution is -1.96. The van der Waals surface area contributed by atoms with E-state index in [0.29, 0.717) is 10.8 Å². The normalized spacial score (nSPS) is 12.4. The second-order valence-corrected chi connectivity index (χ2v) is 8.89. The number of nitrogens with one attached hydrogen (secondary N) is 1. The molecule has 0 aliphatic heterocycles. The monoisotopic (exact) mass is 487 g/mol. The summed E-state index contributed by atoms with van der Waals surface area (Å²) in [5, 5.41) is 14.3. The number of nitrogens with zero attached hydrogens (tertiary/aromatic N) is 4. The first kappa shape index (κ1) is 22.1. The molecular weight excluding hydrogens is 469 g/mol. The Labute approximate surface area is 204 Å². The van der Waals surface area contributed by atoms with E-state index in [2.05, 4.69) is 62.9 Å². The molecule has 5 aromatic rings. The van der Waals surface area contributed by atoms with Crippen LogP contribution in [0.4, 0.5) is 4.39 Å². The number of tetrazole rings is 1. The first-order valence-electron chi connectivity index (χ1n) is 10.7. The van der Waals surface area contributed by atoms with Crippen LogP contribution in [0.1, 0.15) is 41.4 Å². The fourth-order valence-corrected chi connectivity index (χ4v) is 4.88. The minimum Gasteiger partial charge on any atom is -0.245 e. The molecule has 5 nitrogen and oxygen atoms in total. The third-order valence-electron chi connectivity index (χ3n) is 5.52. The fourth-order valence-electron chi connectivity index (χ4n) is 3.94. The maximum Gasteiger partial charge on any atom is 0.197 e. The minimum atomic E-state index is -0.354. The zero-order valence-electron chi connectivity index (χ0n) is 18.2. The summed E-state index contributed by atoms with van der Waals surface area (Å²) in [5.41, 5.74) is 8.75. The van der Waals surface area contributed by atoms with Gasteiger partial charge in [-0.1, -0.05) is 61.0 Å². The molecule has 2 aromatic heterocycles. The third kappa shape index (κ3) is 4.53. The van der Waals surface area contributed by atoms with E-state index in [9.17, 15) is 4.39 Å². The van der Waals surface area contributed by atoms with Crippen LogP contribution in [0.3, 0.4) is 0 Å². The fraction of sp³-hybridized carbons (Fsp3) is 0.0769. The molecule has 0 spiro atoms. The summed E-state index contributed by atoms with van der Waals surface area (Å²) >= 11 is 8.11. The molecule has 0 atom stereocenters. The molecule has 0 amide bonds. The van der Waals surface area contributed by atoms with Crippen LogP contribution in [0.25, 0.3) is 33.5 Å². The Hall–Kier alpha value is -3.68.